The van der Waals surface area contributed by atoms with Gasteiger partial charge in [-0.25, -0.2) is 0 Å². The van der Waals surface area contributed by atoms with Crippen LogP contribution < -0.4 is 0 Å². The Balaban J connectivity index is 2.38. The van der Waals surface area contributed by atoms with E-state index in [9.17, 15) is 22.8 Å². The van der Waals surface area contributed by atoms with E-state index in [1.807, 2.05) is 0 Å². The van der Waals surface area contributed by atoms with Crippen LogP contribution in [-0.2, 0) is 19.1 Å². The highest BCUT2D eigenvalue weighted by Crippen LogP contribution is 2.27. The quantitative estimate of drug-likeness (QED) is 0.657. The Labute approximate surface area is 108 Å². The number of rotatable bonds is 7. The molecule has 0 N–H and O–H groups in total. The normalized spacial score (nSPS) is 15.2. The zero-order valence-electron chi connectivity index (χ0n) is 10.5. The van der Waals surface area contributed by atoms with Gasteiger partial charge in [-0.3, -0.25) is 9.59 Å². The highest BCUT2D eigenvalue weighted by molar-refractivity contribution is 5.83. The lowest BCUT2D eigenvalue weighted by Crippen LogP contribution is -2.40. The number of hydrogen-bond acceptors (Lipinski definition) is 4. The first-order chi connectivity index (χ1) is 8.83. The second kappa shape index (κ2) is 6.74. The van der Waals surface area contributed by atoms with Gasteiger partial charge in [0.15, 0.2) is 0 Å². The summed E-state index contributed by atoms with van der Waals surface area (Å²) in [5.41, 5.74) is 0. The second-order valence-corrected chi connectivity index (χ2v) is 4.17. The van der Waals surface area contributed by atoms with Crippen molar-refractivity contribution < 1.29 is 32.2 Å². The summed E-state index contributed by atoms with van der Waals surface area (Å²) in [7, 11) is 0. The zero-order chi connectivity index (χ0) is 14.5. The average Bonchev–Trinajstić information content (AvgIpc) is 3.08. The van der Waals surface area contributed by atoms with E-state index in [0.717, 1.165) is 12.8 Å². The van der Waals surface area contributed by atoms with Crippen molar-refractivity contribution in [2.75, 3.05) is 26.4 Å². The molecule has 0 aromatic rings. The average molecular weight is 283 g/mol. The van der Waals surface area contributed by atoms with Gasteiger partial charge in [-0.05, 0) is 19.8 Å². The third-order valence-electron chi connectivity index (χ3n) is 2.40. The first-order valence-corrected chi connectivity index (χ1v) is 5.93. The number of esters is 1. The van der Waals surface area contributed by atoms with Crippen molar-refractivity contribution >= 4 is 11.9 Å². The maximum atomic E-state index is 11.9. The molecule has 0 heterocycles. The van der Waals surface area contributed by atoms with E-state index in [1.54, 1.807) is 6.92 Å². The third-order valence-corrected chi connectivity index (χ3v) is 2.40. The smallest absolute Gasteiger partial charge is 0.411 e. The standard InChI is InChI=1S/C11H16F3NO4/c1-2-19-10(17)5-15(8-3-4-8)9(16)6-18-7-11(12,13)14/h8H,2-7H2,1H3. The van der Waals surface area contributed by atoms with E-state index in [4.69, 9.17) is 4.74 Å². The largest absolute Gasteiger partial charge is 0.465 e. The lowest BCUT2D eigenvalue weighted by atomic mass is 10.4. The predicted octanol–water partition coefficient (Wildman–Crippen LogP) is 1.12. The lowest BCUT2D eigenvalue weighted by molar-refractivity contribution is -0.178. The number of amides is 1. The molecule has 1 rings (SSSR count). The minimum Gasteiger partial charge on any atom is -0.465 e. The van der Waals surface area contributed by atoms with Crippen molar-refractivity contribution in [1.82, 2.24) is 4.90 Å². The van der Waals surface area contributed by atoms with Crippen molar-refractivity contribution in [3.05, 3.63) is 0 Å². The molecule has 0 bridgehead atoms. The van der Waals surface area contributed by atoms with Crippen molar-refractivity contribution in [2.45, 2.75) is 32.0 Å². The SMILES string of the molecule is CCOC(=O)CN(C(=O)COCC(F)(F)F)C1CC1. The Morgan fingerprint density at radius 1 is 1.32 bits per heavy atom. The Morgan fingerprint density at radius 3 is 2.42 bits per heavy atom. The van der Waals surface area contributed by atoms with E-state index < -0.39 is 31.3 Å². The number of ether oxygens (including phenoxy) is 2. The van der Waals surface area contributed by atoms with Gasteiger partial charge in [0.05, 0.1) is 6.61 Å². The molecule has 19 heavy (non-hydrogen) atoms. The number of hydrogen-bond donors (Lipinski definition) is 0. The zero-order valence-corrected chi connectivity index (χ0v) is 10.5. The summed E-state index contributed by atoms with van der Waals surface area (Å²) < 4.78 is 44.6. The summed E-state index contributed by atoms with van der Waals surface area (Å²) in [5, 5.41) is 0. The molecule has 0 aromatic heterocycles. The molecule has 1 aliphatic rings. The minimum atomic E-state index is -4.47. The van der Waals surface area contributed by atoms with Crippen LogP contribution in [0.25, 0.3) is 0 Å². The van der Waals surface area contributed by atoms with Crippen LogP contribution in [0.5, 0.6) is 0 Å². The Kier molecular flexibility index (Phi) is 5.59. The van der Waals surface area contributed by atoms with E-state index in [1.165, 1.54) is 4.90 Å². The summed E-state index contributed by atoms with van der Waals surface area (Å²) in [5.74, 6) is -1.20. The first-order valence-electron chi connectivity index (χ1n) is 5.93. The fraction of sp³-hybridized carbons (Fsp3) is 0.818. The maximum Gasteiger partial charge on any atom is 0.411 e. The molecule has 1 saturated carbocycles. The fourth-order valence-corrected chi connectivity index (χ4v) is 1.49. The maximum absolute atomic E-state index is 11.9. The highest BCUT2D eigenvalue weighted by Gasteiger charge is 2.35. The molecule has 0 unspecified atom stereocenters. The van der Waals surface area contributed by atoms with Gasteiger partial charge in [-0.2, -0.15) is 13.2 Å². The van der Waals surface area contributed by atoms with Crippen LogP contribution in [0.4, 0.5) is 13.2 Å². The summed E-state index contributed by atoms with van der Waals surface area (Å²) in [6.07, 6.45) is -2.99. The molecule has 8 heteroatoms. The molecule has 1 amide bonds. The van der Waals surface area contributed by atoms with Crippen LogP contribution in [0.2, 0.25) is 0 Å². The lowest BCUT2D eigenvalue weighted by Gasteiger charge is -2.21. The molecular formula is C11H16F3NO4. The second-order valence-electron chi connectivity index (χ2n) is 4.17. The van der Waals surface area contributed by atoms with Crippen molar-refractivity contribution in [2.24, 2.45) is 0 Å². The van der Waals surface area contributed by atoms with E-state index in [0.29, 0.717) is 0 Å². The Bertz CT molecular complexity index is 328. The van der Waals surface area contributed by atoms with Crippen LogP contribution in [0, 0.1) is 0 Å². The van der Waals surface area contributed by atoms with Gasteiger partial charge in [0.1, 0.15) is 19.8 Å². The molecule has 0 spiro atoms. The number of halogens is 3. The number of alkyl halides is 3. The Morgan fingerprint density at radius 2 is 1.95 bits per heavy atom. The summed E-state index contributed by atoms with van der Waals surface area (Å²) in [6.45, 7) is -0.581. The molecule has 5 nitrogen and oxygen atoms in total. The Hall–Kier alpha value is -1.31. The summed E-state index contributed by atoms with van der Waals surface area (Å²) in [6, 6.07) is -0.0913. The monoisotopic (exact) mass is 283 g/mol. The predicted molar refractivity (Wildman–Crippen MR) is 58.2 cm³/mol. The highest BCUT2D eigenvalue weighted by atomic mass is 19.4. The van der Waals surface area contributed by atoms with Gasteiger partial charge < -0.3 is 14.4 Å². The molecule has 1 aliphatic carbocycles. The van der Waals surface area contributed by atoms with E-state index in [-0.39, 0.29) is 19.2 Å². The summed E-state index contributed by atoms with van der Waals surface area (Å²) >= 11 is 0. The third kappa shape index (κ3) is 6.42. The van der Waals surface area contributed by atoms with Gasteiger partial charge in [-0.15, -0.1) is 0 Å². The molecular weight excluding hydrogens is 267 g/mol. The van der Waals surface area contributed by atoms with Crippen LogP contribution in [0.3, 0.4) is 0 Å². The number of carbonyl (C=O) groups excluding carboxylic acids is 2. The van der Waals surface area contributed by atoms with Gasteiger partial charge in [0.25, 0.3) is 0 Å². The molecule has 0 aliphatic heterocycles. The summed E-state index contributed by atoms with van der Waals surface area (Å²) in [4.78, 5) is 24.2. The molecule has 0 atom stereocenters. The van der Waals surface area contributed by atoms with Crippen LogP contribution in [-0.4, -0.2) is 55.4 Å². The van der Waals surface area contributed by atoms with Crippen LogP contribution in [0.1, 0.15) is 19.8 Å². The van der Waals surface area contributed by atoms with Crippen molar-refractivity contribution in [3.63, 3.8) is 0 Å². The fourth-order valence-electron chi connectivity index (χ4n) is 1.49. The van der Waals surface area contributed by atoms with E-state index >= 15 is 0 Å². The number of nitrogens with zero attached hydrogens (tertiary/aromatic N) is 1. The first kappa shape index (κ1) is 15.7. The van der Waals surface area contributed by atoms with E-state index in [2.05, 4.69) is 4.74 Å². The van der Waals surface area contributed by atoms with Crippen LogP contribution >= 0.6 is 0 Å². The topological polar surface area (TPSA) is 55.8 Å². The van der Waals surface area contributed by atoms with Gasteiger partial charge in [0.2, 0.25) is 5.91 Å². The van der Waals surface area contributed by atoms with Gasteiger partial charge >= 0.3 is 12.1 Å². The van der Waals surface area contributed by atoms with Gasteiger partial charge in [-0.1, -0.05) is 0 Å². The minimum absolute atomic E-state index is 0.0913. The van der Waals surface area contributed by atoms with Crippen molar-refractivity contribution in [3.8, 4) is 0 Å². The molecule has 110 valence electrons. The molecule has 0 radical (unpaired) electrons. The van der Waals surface area contributed by atoms with Gasteiger partial charge in [0, 0.05) is 6.04 Å². The van der Waals surface area contributed by atoms with Crippen molar-refractivity contribution in [1.29, 1.82) is 0 Å². The molecule has 1 fully saturated rings. The molecule has 0 aromatic carbocycles. The van der Waals surface area contributed by atoms with Crippen LogP contribution in [0.15, 0.2) is 0 Å². The molecule has 0 saturated heterocycles. The number of carbonyl (C=O) groups is 2.